The van der Waals surface area contributed by atoms with E-state index in [4.69, 9.17) is 4.74 Å². The van der Waals surface area contributed by atoms with Crippen molar-refractivity contribution in [1.29, 1.82) is 0 Å². The predicted octanol–water partition coefficient (Wildman–Crippen LogP) is 1.78. The Morgan fingerprint density at radius 3 is 2.44 bits per heavy atom. The number of ether oxygens (including phenoxy) is 1. The molecule has 0 radical (unpaired) electrons. The van der Waals surface area contributed by atoms with E-state index in [2.05, 4.69) is 24.5 Å². The van der Waals surface area contributed by atoms with Crippen LogP contribution in [0.2, 0.25) is 0 Å². The van der Waals surface area contributed by atoms with Gasteiger partial charge in [0.15, 0.2) is 0 Å². The topological polar surface area (TPSA) is 91.0 Å². The molecule has 36 heavy (non-hydrogen) atoms. The molecule has 2 aliphatic carbocycles. The predicted molar refractivity (Wildman–Crippen MR) is 135 cm³/mol. The Hall–Kier alpha value is -1.67. The van der Waals surface area contributed by atoms with Crippen LogP contribution in [0.15, 0.2) is 0 Å². The molecule has 7 fully saturated rings. The molecular weight excluding hydrogens is 456 g/mol. The van der Waals surface area contributed by atoms with Crippen molar-refractivity contribution in [3.8, 4) is 0 Å². The number of nitrogens with one attached hydrogen (secondary N) is 2. The molecule has 1 spiro atoms. The van der Waals surface area contributed by atoms with Crippen LogP contribution in [0.5, 0.6) is 0 Å². The van der Waals surface area contributed by atoms with Gasteiger partial charge in [-0.2, -0.15) is 0 Å². The molecule has 0 aromatic carbocycles. The van der Waals surface area contributed by atoms with Crippen LogP contribution in [-0.4, -0.2) is 85.5 Å². The van der Waals surface area contributed by atoms with Gasteiger partial charge in [0, 0.05) is 63.1 Å². The maximum atomic E-state index is 14.1. The summed E-state index contributed by atoms with van der Waals surface area (Å²) in [6.45, 7) is 8.98. The Balaban J connectivity index is 1.34. The number of carbonyl (C=O) groups excluding carboxylic acids is 3. The second-order valence-electron chi connectivity index (χ2n) is 13.2. The molecule has 1 unspecified atom stereocenters. The zero-order valence-electron chi connectivity index (χ0n) is 22.1. The molecule has 2 N–H and O–H groups in total. The van der Waals surface area contributed by atoms with Crippen molar-refractivity contribution in [1.82, 2.24) is 20.4 Å². The highest BCUT2D eigenvalue weighted by Gasteiger charge is 2.70. The molecule has 0 aromatic heterocycles. The first-order valence-electron chi connectivity index (χ1n) is 14.5. The molecular formula is C28H44N4O4. The van der Waals surface area contributed by atoms with Gasteiger partial charge in [0.1, 0.15) is 6.04 Å². The van der Waals surface area contributed by atoms with Crippen molar-refractivity contribution in [3.05, 3.63) is 0 Å². The fraction of sp³-hybridized carbons (Fsp3) is 0.893. The van der Waals surface area contributed by atoms with Crippen molar-refractivity contribution in [3.63, 3.8) is 0 Å². The third kappa shape index (κ3) is 4.07. The second kappa shape index (κ2) is 9.26. The molecule has 5 atom stereocenters. The van der Waals surface area contributed by atoms with Gasteiger partial charge in [-0.15, -0.1) is 0 Å². The van der Waals surface area contributed by atoms with Gasteiger partial charge in [-0.25, -0.2) is 0 Å². The third-order valence-electron chi connectivity index (χ3n) is 10.5. The summed E-state index contributed by atoms with van der Waals surface area (Å²) < 4.78 is 6.72. The van der Waals surface area contributed by atoms with E-state index in [1.54, 1.807) is 0 Å². The van der Waals surface area contributed by atoms with Crippen LogP contribution in [-0.2, 0) is 19.1 Å². The summed E-state index contributed by atoms with van der Waals surface area (Å²) in [5.41, 5.74) is -0.468. The number of amides is 3. The smallest absolute Gasteiger partial charge is 0.247 e. The zero-order chi connectivity index (χ0) is 25.1. The fourth-order valence-electron chi connectivity index (χ4n) is 8.19. The summed E-state index contributed by atoms with van der Waals surface area (Å²) in [5, 5.41) is 6.65. The average molecular weight is 501 g/mol. The average Bonchev–Trinajstić information content (AvgIpc) is 3.20. The van der Waals surface area contributed by atoms with Crippen LogP contribution in [0.25, 0.3) is 0 Å². The minimum absolute atomic E-state index is 0.0162. The Morgan fingerprint density at radius 2 is 1.72 bits per heavy atom. The summed E-state index contributed by atoms with van der Waals surface area (Å²) in [6, 6.07) is -0.732. The van der Waals surface area contributed by atoms with E-state index in [-0.39, 0.29) is 46.3 Å². The highest BCUT2D eigenvalue weighted by Crippen LogP contribution is 2.63. The third-order valence-corrected chi connectivity index (χ3v) is 10.5. The monoisotopic (exact) mass is 500 g/mol. The lowest BCUT2D eigenvalue weighted by Gasteiger charge is -2.50. The number of hydrogen-bond donors (Lipinski definition) is 2. The van der Waals surface area contributed by atoms with E-state index in [1.165, 1.54) is 19.3 Å². The fourth-order valence-corrected chi connectivity index (χ4v) is 8.19. The lowest BCUT2D eigenvalue weighted by Crippen LogP contribution is -2.65. The Morgan fingerprint density at radius 1 is 1.03 bits per heavy atom. The van der Waals surface area contributed by atoms with Gasteiger partial charge in [-0.3, -0.25) is 14.4 Å². The lowest BCUT2D eigenvalue weighted by atomic mass is 9.71. The number of hydrogen-bond acceptors (Lipinski definition) is 5. The maximum absolute atomic E-state index is 14.1. The van der Waals surface area contributed by atoms with Gasteiger partial charge >= 0.3 is 0 Å². The van der Waals surface area contributed by atoms with Gasteiger partial charge in [0.05, 0.1) is 12.0 Å². The van der Waals surface area contributed by atoms with Crippen LogP contribution >= 0.6 is 0 Å². The lowest BCUT2D eigenvalue weighted by molar-refractivity contribution is -0.151. The van der Waals surface area contributed by atoms with Crippen molar-refractivity contribution < 1.29 is 19.1 Å². The van der Waals surface area contributed by atoms with Crippen LogP contribution in [0.4, 0.5) is 0 Å². The molecule has 0 aromatic rings. The van der Waals surface area contributed by atoms with E-state index >= 15 is 0 Å². The van der Waals surface area contributed by atoms with E-state index < -0.39 is 12.1 Å². The number of rotatable bonds is 4. The molecule has 200 valence electrons. The van der Waals surface area contributed by atoms with Crippen molar-refractivity contribution in [2.75, 3.05) is 45.9 Å². The number of carbonyl (C=O) groups is 3. The minimum atomic E-state index is -0.732. The maximum Gasteiger partial charge on any atom is 0.247 e. The number of nitrogens with zero attached hydrogens (tertiary/aromatic N) is 2. The standard InChI is InChI=1S/C28H44N4O4/c1-27(2)20-21(27)25(34)32-16-28(17-32)15-29-13-19(28)24(33)30-22(26(35)31-11-7-4-8-12-31)23(20)36-14-18-9-5-3-6-10-18/h18-23,29H,3-17H2,1-2H3,(H,30,33)/t19-,20?,21+,22-,23+/m0/s1. The van der Waals surface area contributed by atoms with Gasteiger partial charge < -0.3 is 25.2 Å². The first kappa shape index (κ1) is 24.7. The van der Waals surface area contributed by atoms with Crippen LogP contribution in [0.3, 0.4) is 0 Å². The normalized spacial score (nSPS) is 37.8. The van der Waals surface area contributed by atoms with Crippen molar-refractivity contribution in [2.45, 2.75) is 77.4 Å². The number of fused-ring (bicyclic) bond motifs is 3. The van der Waals surface area contributed by atoms with Crippen LogP contribution in [0, 0.1) is 34.5 Å². The number of piperidine rings is 1. The first-order valence-corrected chi connectivity index (χ1v) is 14.5. The number of likely N-dealkylation sites (tertiary alicyclic amines) is 1. The molecule has 5 aliphatic heterocycles. The van der Waals surface area contributed by atoms with E-state index in [0.29, 0.717) is 32.2 Å². The molecule has 2 bridgehead atoms. The minimum Gasteiger partial charge on any atom is -0.375 e. The quantitative estimate of drug-likeness (QED) is 0.614. The molecule has 8 nitrogen and oxygen atoms in total. The van der Waals surface area contributed by atoms with E-state index in [1.807, 2.05) is 9.80 Å². The Labute approximate surface area is 215 Å². The summed E-state index contributed by atoms with van der Waals surface area (Å²) in [4.78, 5) is 45.5. The zero-order valence-corrected chi connectivity index (χ0v) is 22.1. The molecule has 3 amide bonds. The molecule has 5 saturated heterocycles. The SMILES string of the molecule is CC1(C)C2[C@@H](OCC3CCCCC3)[C@@H](C(=O)N3CCCCC3)NC(=O)[C@@H]3CNCC34CN(C4)C(=O)[C@@H]21. The highest BCUT2D eigenvalue weighted by atomic mass is 16.5. The van der Waals surface area contributed by atoms with E-state index in [9.17, 15) is 14.4 Å². The van der Waals surface area contributed by atoms with E-state index in [0.717, 1.165) is 51.7 Å². The summed E-state index contributed by atoms with van der Waals surface area (Å²) in [5.74, 6) is 0.160. The van der Waals surface area contributed by atoms with Crippen LogP contribution < -0.4 is 10.6 Å². The van der Waals surface area contributed by atoms with Crippen molar-refractivity contribution >= 4 is 17.7 Å². The first-order chi connectivity index (χ1) is 17.3. The molecule has 7 rings (SSSR count). The molecule has 5 heterocycles. The molecule has 7 aliphatic rings. The largest absolute Gasteiger partial charge is 0.375 e. The summed E-state index contributed by atoms with van der Waals surface area (Å²) >= 11 is 0. The van der Waals surface area contributed by atoms with Crippen LogP contribution in [0.1, 0.15) is 65.2 Å². The highest BCUT2D eigenvalue weighted by molar-refractivity contribution is 5.91. The van der Waals surface area contributed by atoms with Crippen molar-refractivity contribution in [2.24, 2.45) is 34.5 Å². The summed E-state index contributed by atoms with van der Waals surface area (Å²) in [6.07, 6.45) is 8.72. The van der Waals surface area contributed by atoms with Gasteiger partial charge in [-0.1, -0.05) is 33.1 Å². The van der Waals surface area contributed by atoms with Gasteiger partial charge in [0.2, 0.25) is 17.7 Å². The molecule has 2 saturated carbocycles. The molecule has 8 heteroatoms. The summed E-state index contributed by atoms with van der Waals surface area (Å²) in [7, 11) is 0. The Kier molecular flexibility index (Phi) is 6.34. The van der Waals surface area contributed by atoms with Gasteiger partial charge in [0.25, 0.3) is 0 Å². The Bertz CT molecular complexity index is 888. The second-order valence-corrected chi connectivity index (χ2v) is 13.2. The van der Waals surface area contributed by atoms with Gasteiger partial charge in [-0.05, 0) is 43.4 Å².